The van der Waals surface area contributed by atoms with Gasteiger partial charge in [-0.2, -0.15) is 5.10 Å². The van der Waals surface area contributed by atoms with Gasteiger partial charge in [-0.3, -0.25) is 9.40 Å². The van der Waals surface area contributed by atoms with Crippen molar-refractivity contribution in [2.24, 2.45) is 7.05 Å². The highest BCUT2D eigenvalue weighted by molar-refractivity contribution is 7.92. The summed E-state index contributed by atoms with van der Waals surface area (Å²) >= 11 is 5.75. The lowest BCUT2D eigenvalue weighted by Gasteiger charge is -2.09. The summed E-state index contributed by atoms with van der Waals surface area (Å²) in [5.74, 6) is -1.30. The molecular formula is C13H14ClN3O4S. The SMILES string of the molecule is Cc1nn(C)c(C)c1NS(=O)(=O)c1ccc(Cl)c(C(=O)O)c1. The van der Waals surface area contributed by atoms with E-state index in [1.807, 2.05) is 0 Å². The molecule has 118 valence electrons. The van der Waals surface area contributed by atoms with Gasteiger partial charge in [0, 0.05) is 7.05 Å². The summed E-state index contributed by atoms with van der Waals surface area (Å²) in [6.07, 6.45) is 0. The number of aromatic carboxylic acids is 1. The van der Waals surface area contributed by atoms with Crippen molar-refractivity contribution in [2.75, 3.05) is 4.72 Å². The number of carbonyl (C=O) groups is 1. The molecule has 0 fully saturated rings. The molecule has 9 heteroatoms. The number of hydrogen-bond acceptors (Lipinski definition) is 4. The zero-order valence-corrected chi connectivity index (χ0v) is 13.7. The first-order chi connectivity index (χ1) is 10.1. The van der Waals surface area contributed by atoms with Crippen LogP contribution in [-0.4, -0.2) is 29.3 Å². The van der Waals surface area contributed by atoms with Crippen molar-refractivity contribution < 1.29 is 18.3 Å². The molecule has 2 rings (SSSR count). The van der Waals surface area contributed by atoms with Gasteiger partial charge in [-0.25, -0.2) is 13.2 Å². The highest BCUT2D eigenvalue weighted by Crippen LogP contribution is 2.25. The van der Waals surface area contributed by atoms with Gasteiger partial charge in [0.25, 0.3) is 10.0 Å². The van der Waals surface area contributed by atoms with Gasteiger partial charge in [0.1, 0.15) is 0 Å². The molecule has 0 aliphatic heterocycles. The van der Waals surface area contributed by atoms with Gasteiger partial charge in [-0.15, -0.1) is 0 Å². The van der Waals surface area contributed by atoms with Gasteiger partial charge in [0.2, 0.25) is 0 Å². The highest BCUT2D eigenvalue weighted by Gasteiger charge is 2.21. The Labute approximate surface area is 132 Å². The second kappa shape index (κ2) is 5.62. The van der Waals surface area contributed by atoms with Crippen LogP contribution < -0.4 is 4.72 Å². The predicted octanol–water partition coefficient (Wildman–Crippen LogP) is 2.19. The number of nitrogens with zero attached hydrogens (tertiary/aromatic N) is 2. The van der Waals surface area contributed by atoms with E-state index in [0.29, 0.717) is 17.1 Å². The monoisotopic (exact) mass is 343 g/mol. The Balaban J connectivity index is 2.47. The third kappa shape index (κ3) is 2.93. The maximum Gasteiger partial charge on any atom is 0.337 e. The zero-order valence-electron chi connectivity index (χ0n) is 12.1. The number of aryl methyl sites for hydroxylation is 2. The lowest BCUT2D eigenvalue weighted by molar-refractivity contribution is 0.0697. The maximum atomic E-state index is 12.4. The van der Waals surface area contributed by atoms with Crippen molar-refractivity contribution in [3.8, 4) is 0 Å². The standard InChI is InChI=1S/C13H14ClN3O4S/c1-7-12(8(2)17(3)15-7)16-22(20,21)9-4-5-11(14)10(6-9)13(18)19/h4-6,16H,1-3H3,(H,18,19). The van der Waals surface area contributed by atoms with E-state index in [0.717, 1.165) is 6.07 Å². The molecule has 0 bridgehead atoms. The van der Waals surface area contributed by atoms with Crippen LogP contribution in [0.5, 0.6) is 0 Å². The first kappa shape index (κ1) is 16.3. The quantitative estimate of drug-likeness (QED) is 0.886. The minimum absolute atomic E-state index is 0.0276. The first-order valence-electron chi connectivity index (χ1n) is 6.19. The third-order valence-corrected chi connectivity index (χ3v) is 4.90. The van der Waals surface area contributed by atoms with Crippen LogP contribution in [0.15, 0.2) is 23.1 Å². The maximum absolute atomic E-state index is 12.4. The first-order valence-corrected chi connectivity index (χ1v) is 8.05. The van der Waals surface area contributed by atoms with E-state index in [1.54, 1.807) is 25.6 Å². The molecule has 0 atom stereocenters. The fourth-order valence-electron chi connectivity index (χ4n) is 1.95. The summed E-state index contributed by atoms with van der Waals surface area (Å²) in [5.41, 5.74) is 1.27. The number of halogens is 1. The van der Waals surface area contributed by atoms with Gasteiger partial charge in [0.15, 0.2) is 0 Å². The second-order valence-electron chi connectivity index (χ2n) is 4.72. The van der Waals surface area contributed by atoms with E-state index in [2.05, 4.69) is 9.82 Å². The summed E-state index contributed by atoms with van der Waals surface area (Å²) in [4.78, 5) is 10.9. The Morgan fingerprint density at radius 3 is 2.50 bits per heavy atom. The van der Waals surface area contributed by atoms with Crippen molar-refractivity contribution >= 4 is 33.3 Å². The topological polar surface area (TPSA) is 101 Å². The molecule has 0 unspecified atom stereocenters. The Kier molecular flexibility index (Phi) is 4.17. The predicted molar refractivity (Wildman–Crippen MR) is 81.9 cm³/mol. The Morgan fingerprint density at radius 2 is 2.00 bits per heavy atom. The van der Waals surface area contributed by atoms with E-state index in [1.165, 1.54) is 12.1 Å². The molecule has 1 aromatic heterocycles. The van der Waals surface area contributed by atoms with Crippen LogP contribution in [0, 0.1) is 13.8 Å². The van der Waals surface area contributed by atoms with Crippen molar-refractivity contribution in [1.82, 2.24) is 9.78 Å². The fraction of sp³-hybridized carbons (Fsp3) is 0.231. The minimum atomic E-state index is -3.94. The molecule has 0 radical (unpaired) electrons. The Morgan fingerprint density at radius 1 is 1.36 bits per heavy atom. The molecular weight excluding hydrogens is 330 g/mol. The molecule has 1 heterocycles. The molecule has 0 saturated heterocycles. The van der Waals surface area contributed by atoms with Crippen LogP contribution >= 0.6 is 11.6 Å². The third-order valence-electron chi connectivity index (χ3n) is 3.22. The van der Waals surface area contributed by atoms with Crippen LogP contribution in [0.4, 0.5) is 5.69 Å². The van der Waals surface area contributed by atoms with Gasteiger partial charge >= 0.3 is 5.97 Å². The van der Waals surface area contributed by atoms with E-state index in [9.17, 15) is 13.2 Å². The van der Waals surface area contributed by atoms with Crippen molar-refractivity contribution in [3.05, 3.63) is 40.2 Å². The molecule has 0 saturated carbocycles. The van der Waals surface area contributed by atoms with Crippen LogP contribution in [-0.2, 0) is 17.1 Å². The van der Waals surface area contributed by atoms with E-state index in [4.69, 9.17) is 16.7 Å². The molecule has 0 amide bonds. The van der Waals surface area contributed by atoms with E-state index < -0.39 is 16.0 Å². The molecule has 2 N–H and O–H groups in total. The van der Waals surface area contributed by atoms with Gasteiger partial charge in [-0.1, -0.05) is 11.6 Å². The average Bonchev–Trinajstić information content (AvgIpc) is 2.65. The molecule has 0 aliphatic rings. The summed E-state index contributed by atoms with van der Waals surface area (Å²) in [6.45, 7) is 3.40. The minimum Gasteiger partial charge on any atom is -0.478 e. The van der Waals surface area contributed by atoms with Crippen LogP contribution in [0.25, 0.3) is 0 Å². The van der Waals surface area contributed by atoms with E-state index >= 15 is 0 Å². The average molecular weight is 344 g/mol. The van der Waals surface area contributed by atoms with Crippen LogP contribution in [0.3, 0.4) is 0 Å². The largest absolute Gasteiger partial charge is 0.478 e. The summed E-state index contributed by atoms with van der Waals surface area (Å²) in [7, 11) is -2.24. The smallest absolute Gasteiger partial charge is 0.337 e. The molecule has 2 aromatic rings. The number of carboxylic acids is 1. The van der Waals surface area contributed by atoms with Crippen molar-refractivity contribution in [1.29, 1.82) is 0 Å². The summed E-state index contributed by atoms with van der Waals surface area (Å²) in [5, 5.41) is 13.1. The van der Waals surface area contributed by atoms with Gasteiger partial charge in [0.05, 0.1) is 32.6 Å². The number of hydrogen-bond donors (Lipinski definition) is 2. The number of aromatic nitrogens is 2. The number of rotatable bonds is 4. The summed E-state index contributed by atoms with van der Waals surface area (Å²) in [6, 6.07) is 3.51. The number of sulfonamides is 1. The summed E-state index contributed by atoms with van der Waals surface area (Å²) < 4.78 is 28.8. The number of nitrogens with one attached hydrogen (secondary N) is 1. The lowest BCUT2D eigenvalue weighted by atomic mass is 10.2. The highest BCUT2D eigenvalue weighted by atomic mass is 35.5. The van der Waals surface area contributed by atoms with Crippen LogP contribution in [0.1, 0.15) is 21.7 Å². The van der Waals surface area contributed by atoms with Crippen molar-refractivity contribution in [3.63, 3.8) is 0 Å². The van der Waals surface area contributed by atoms with Gasteiger partial charge in [-0.05, 0) is 32.0 Å². The van der Waals surface area contributed by atoms with Crippen LogP contribution in [0.2, 0.25) is 5.02 Å². The number of benzene rings is 1. The molecule has 0 spiro atoms. The molecule has 0 aliphatic carbocycles. The second-order valence-corrected chi connectivity index (χ2v) is 6.81. The zero-order chi connectivity index (χ0) is 16.7. The van der Waals surface area contributed by atoms with Crippen molar-refractivity contribution in [2.45, 2.75) is 18.7 Å². The lowest BCUT2D eigenvalue weighted by Crippen LogP contribution is -2.15. The normalized spacial score (nSPS) is 11.5. The Hall–Kier alpha value is -2.06. The fourth-order valence-corrected chi connectivity index (χ4v) is 3.35. The number of anilines is 1. The molecule has 1 aromatic carbocycles. The molecule has 7 nitrogen and oxygen atoms in total. The molecule has 22 heavy (non-hydrogen) atoms. The number of carboxylic acid groups (broad SMARTS) is 1. The van der Waals surface area contributed by atoms with E-state index in [-0.39, 0.29) is 15.5 Å². The van der Waals surface area contributed by atoms with Gasteiger partial charge < -0.3 is 5.11 Å². The Bertz CT molecular complexity index is 858.